The zero-order chi connectivity index (χ0) is 9.52. The fourth-order valence-electron chi connectivity index (χ4n) is 0.939. The van der Waals surface area contributed by atoms with Gasteiger partial charge in [-0.2, -0.15) is 0 Å². The molecule has 0 aliphatic carbocycles. The number of hydrogen-bond donors (Lipinski definition) is 1. The van der Waals surface area contributed by atoms with Gasteiger partial charge in [-0.15, -0.1) is 0 Å². The molecule has 0 amide bonds. The summed E-state index contributed by atoms with van der Waals surface area (Å²) in [5.74, 6) is 0. The Hall–Kier alpha value is -1.35. The first kappa shape index (κ1) is 9.74. The standard InChI is InChI=1S/C10H13NO2/c1-9(7-11-12)13-8-10-5-3-2-4-6-10/h2-7,9,12H,8H2,1H3/b11-7+/t9-/m0/s1. The summed E-state index contributed by atoms with van der Waals surface area (Å²) in [6.45, 7) is 2.36. The smallest absolute Gasteiger partial charge is 0.0935 e. The molecule has 0 saturated heterocycles. The van der Waals surface area contributed by atoms with Crippen LogP contribution in [0.25, 0.3) is 0 Å². The molecule has 0 aliphatic rings. The highest BCUT2D eigenvalue weighted by Crippen LogP contribution is 2.01. The van der Waals surface area contributed by atoms with Gasteiger partial charge in [-0.25, -0.2) is 0 Å². The van der Waals surface area contributed by atoms with Crippen LogP contribution in [0.15, 0.2) is 35.5 Å². The Morgan fingerprint density at radius 2 is 2.15 bits per heavy atom. The van der Waals surface area contributed by atoms with E-state index in [0.717, 1.165) is 5.56 Å². The molecule has 0 heterocycles. The van der Waals surface area contributed by atoms with Crippen LogP contribution >= 0.6 is 0 Å². The third-order valence-electron chi connectivity index (χ3n) is 1.63. The maximum absolute atomic E-state index is 8.22. The van der Waals surface area contributed by atoms with Gasteiger partial charge in [0.1, 0.15) is 0 Å². The Morgan fingerprint density at radius 3 is 2.77 bits per heavy atom. The van der Waals surface area contributed by atoms with Gasteiger partial charge < -0.3 is 9.94 Å². The molecule has 1 N–H and O–H groups in total. The molecule has 1 aromatic carbocycles. The van der Waals surface area contributed by atoms with Crippen molar-refractivity contribution in [2.45, 2.75) is 19.6 Å². The normalized spacial score (nSPS) is 13.3. The molecule has 0 radical (unpaired) electrons. The first-order valence-electron chi connectivity index (χ1n) is 4.16. The Balaban J connectivity index is 2.35. The molecule has 1 rings (SSSR count). The summed E-state index contributed by atoms with van der Waals surface area (Å²) in [6, 6.07) is 9.86. The lowest BCUT2D eigenvalue weighted by atomic mass is 10.2. The van der Waals surface area contributed by atoms with Crippen molar-refractivity contribution >= 4 is 6.21 Å². The van der Waals surface area contributed by atoms with Crippen LogP contribution in [0.1, 0.15) is 12.5 Å². The van der Waals surface area contributed by atoms with Gasteiger partial charge >= 0.3 is 0 Å². The van der Waals surface area contributed by atoms with Gasteiger partial charge in [-0.3, -0.25) is 0 Å². The van der Waals surface area contributed by atoms with Crippen LogP contribution < -0.4 is 0 Å². The summed E-state index contributed by atoms with van der Waals surface area (Å²) in [5, 5.41) is 11.1. The summed E-state index contributed by atoms with van der Waals surface area (Å²) in [7, 11) is 0. The van der Waals surface area contributed by atoms with E-state index in [1.165, 1.54) is 6.21 Å². The zero-order valence-electron chi connectivity index (χ0n) is 7.55. The lowest BCUT2D eigenvalue weighted by Gasteiger charge is -2.06. The van der Waals surface area contributed by atoms with Crippen molar-refractivity contribution in [1.29, 1.82) is 0 Å². The van der Waals surface area contributed by atoms with Crippen molar-refractivity contribution < 1.29 is 9.94 Å². The Bertz CT molecular complexity index is 259. The minimum atomic E-state index is -0.162. The van der Waals surface area contributed by atoms with Crippen molar-refractivity contribution in [3.8, 4) is 0 Å². The minimum absolute atomic E-state index is 0.162. The fraction of sp³-hybridized carbons (Fsp3) is 0.300. The van der Waals surface area contributed by atoms with Gasteiger partial charge in [0, 0.05) is 0 Å². The van der Waals surface area contributed by atoms with Gasteiger partial charge in [-0.05, 0) is 12.5 Å². The second-order valence-corrected chi connectivity index (χ2v) is 2.77. The highest BCUT2D eigenvalue weighted by atomic mass is 16.5. The van der Waals surface area contributed by atoms with E-state index in [1.54, 1.807) is 0 Å². The average molecular weight is 179 g/mol. The van der Waals surface area contributed by atoms with E-state index in [0.29, 0.717) is 6.61 Å². The largest absolute Gasteiger partial charge is 0.411 e. The van der Waals surface area contributed by atoms with Gasteiger partial charge in [-0.1, -0.05) is 35.5 Å². The van der Waals surface area contributed by atoms with E-state index in [4.69, 9.17) is 9.94 Å². The molecular formula is C10H13NO2. The van der Waals surface area contributed by atoms with Gasteiger partial charge in [0.15, 0.2) is 0 Å². The van der Waals surface area contributed by atoms with Crippen molar-refractivity contribution in [2.24, 2.45) is 5.16 Å². The highest BCUT2D eigenvalue weighted by Gasteiger charge is 1.97. The molecule has 0 bridgehead atoms. The van der Waals surface area contributed by atoms with Crippen LogP contribution in [0.5, 0.6) is 0 Å². The second-order valence-electron chi connectivity index (χ2n) is 2.77. The molecule has 13 heavy (non-hydrogen) atoms. The third-order valence-corrected chi connectivity index (χ3v) is 1.63. The zero-order valence-corrected chi connectivity index (χ0v) is 7.55. The van der Waals surface area contributed by atoms with Crippen molar-refractivity contribution in [3.63, 3.8) is 0 Å². The van der Waals surface area contributed by atoms with Gasteiger partial charge in [0.05, 0.1) is 18.9 Å². The second kappa shape index (κ2) is 5.32. The Labute approximate surface area is 77.6 Å². The Kier molecular flexibility index (Phi) is 3.99. The van der Waals surface area contributed by atoms with Crippen LogP contribution in [0.2, 0.25) is 0 Å². The van der Waals surface area contributed by atoms with Crippen LogP contribution in [-0.2, 0) is 11.3 Å². The van der Waals surface area contributed by atoms with E-state index in [-0.39, 0.29) is 6.10 Å². The highest BCUT2D eigenvalue weighted by molar-refractivity contribution is 5.61. The maximum Gasteiger partial charge on any atom is 0.0935 e. The molecule has 0 unspecified atom stereocenters. The molecular weight excluding hydrogens is 166 g/mol. The molecule has 0 fully saturated rings. The third kappa shape index (κ3) is 3.71. The SMILES string of the molecule is C[C@@H](/C=N/O)OCc1ccccc1. The molecule has 3 heteroatoms. The molecule has 3 nitrogen and oxygen atoms in total. The molecule has 1 aromatic rings. The first-order valence-corrected chi connectivity index (χ1v) is 4.16. The summed E-state index contributed by atoms with van der Waals surface area (Å²) in [6.07, 6.45) is 1.19. The number of hydrogen-bond acceptors (Lipinski definition) is 3. The van der Waals surface area contributed by atoms with Crippen molar-refractivity contribution in [2.75, 3.05) is 0 Å². The fourth-order valence-corrected chi connectivity index (χ4v) is 0.939. The summed E-state index contributed by atoms with van der Waals surface area (Å²) in [5.41, 5.74) is 1.11. The minimum Gasteiger partial charge on any atom is -0.411 e. The van der Waals surface area contributed by atoms with Crippen molar-refractivity contribution in [1.82, 2.24) is 0 Å². The quantitative estimate of drug-likeness (QED) is 0.436. The lowest BCUT2D eigenvalue weighted by molar-refractivity contribution is 0.0970. The molecule has 70 valence electrons. The average Bonchev–Trinajstić information content (AvgIpc) is 2.17. The molecule has 1 atom stereocenters. The predicted octanol–water partition coefficient (Wildman–Crippen LogP) is 2.05. The number of nitrogens with zero attached hydrogens (tertiary/aromatic N) is 1. The van der Waals surface area contributed by atoms with E-state index >= 15 is 0 Å². The van der Waals surface area contributed by atoms with Crippen LogP contribution in [0.3, 0.4) is 0 Å². The van der Waals surface area contributed by atoms with Crippen LogP contribution in [-0.4, -0.2) is 17.5 Å². The maximum atomic E-state index is 8.22. The molecule has 0 aromatic heterocycles. The van der Waals surface area contributed by atoms with Gasteiger partial charge in [0.2, 0.25) is 0 Å². The first-order chi connectivity index (χ1) is 6.33. The summed E-state index contributed by atoms with van der Waals surface area (Å²) >= 11 is 0. The lowest BCUT2D eigenvalue weighted by Crippen LogP contribution is -2.09. The number of benzene rings is 1. The number of rotatable bonds is 4. The topological polar surface area (TPSA) is 41.8 Å². The summed E-state index contributed by atoms with van der Waals surface area (Å²) in [4.78, 5) is 0. The molecule has 0 aliphatic heterocycles. The molecule has 0 saturated carbocycles. The van der Waals surface area contributed by atoms with E-state index in [1.807, 2.05) is 37.3 Å². The summed E-state index contributed by atoms with van der Waals surface area (Å²) < 4.78 is 5.36. The predicted molar refractivity (Wildman–Crippen MR) is 51.0 cm³/mol. The number of oxime groups is 1. The van der Waals surface area contributed by atoms with E-state index in [9.17, 15) is 0 Å². The van der Waals surface area contributed by atoms with Crippen LogP contribution in [0, 0.1) is 0 Å². The van der Waals surface area contributed by atoms with Crippen molar-refractivity contribution in [3.05, 3.63) is 35.9 Å². The number of ether oxygens (including phenoxy) is 1. The van der Waals surface area contributed by atoms with Gasteiger partial charge in [0.25, 0.3) is 0 Å². The Morgan fingerprint density at radius 1 is 1.46 bits per heavy atom. The van der Waals surface area contributed by atoms with E-state index < -0.39 is 0 Å². The monoisotopic (exact) mass is 179 g/mol. The molecule has 0 spiro atoms. The van der Waals surface area contributed by atoms with E-state index in [2.05, 4.69) is 5.16 Å². The van der Waals surface area contributed by atoms with Crippen LogP contribution in [0.4, 0.5) is 0 Å².